The Morgan fingerprint density at radius 3 is 2.61 bits per heavy atom. The Morgan fingerprint density at radius 1 is 1.18 bits per heavy atom. The number of carbonyl (C=O) groups excluding carboxylic acids is 2. The first-order valence-corrected chi connectivity index (χ1v) is 13.8. The second-order valence-electron chi connectivity index (χ2n) is 8.46. The van der Waals surface area contributed by atoms with Crippen LogP contribution in [0.15, 0.2) is 70.0 Å². The van der Waals surface area contributed by atoms with Crippen LogP contribution in [0.5, 0.6) is 11.5 Å². The maximum Gasteiger partial charge on any atom is 0.270 e. The molecule has 0 aromatic heterocycles. The lowest BCUT2D eigenvalue weighted by Crippen LogP contribution is -2.27. The Kier molecular flexibility index (Phi) is 8.86. The number of benzene rings is 3. The summed E-state index contributed by atoms with van der Waals surface area (Å²) < 4.78 is 25.9. The highest BCUT2D eigenvalue weighted by molar-refractivity contribution is 9.10. The Balaban J connectivity index is 1.58. The van der Waals surface area contributed by atoms with Gasteiger partial charge in [-0.15, -0.1) is 0 Å². The number of rotatable bonds is 8. The number of hydrogen-bond acceptors (Lipinski definition) is 6. The normalized spacial score (nSPS) is 14.4. The number of hydrogen-bond donors (Lipinski definition) is 1. The third-order valence-electron chi connectivity index (χ3n) is 5.25. The molecule has 1 heterocycles. The molecule has 196 valence electrons. The predicted octanol–water partition coefficient (Wildman–Crippen LogP) is 7.43. The molecule has 2 amide bonds. The summed E-state index contributed by atoms with van der Waals surface area (Å²) in [5, 5.41) is 2.72. The molecule has 1 saturated heterocycles. The van der Waals surface area contributed by atoms with Crippen molar-refractivity contribution in [2.45, 2.75) is 26.9 Å². The lowest BCUT2D eigenvalue weighted by atomic mass is 10.1. The summed E-state index contributed by atoms with van der Waals surface area (Å²) in [6.45, 7) is 6.21. The van der Waals surface area contributed by atoms with Crippen molar-refractivity contribution < 1.29 is 23.5 Å². The fourth-order valence-electron chi connectivity index (χ4n) is 3.65. The van der Waals surface area contributed by atoms with Gasteiger partial charge >= 0.3 is 0 Å². The zero-order valence-corrected chi connectivity index (χ0v) is 24.0. The second-order valence-corrected chi connectivity index (χ2v) is 11.0. The topological polar surface area (TPSA) is 67.9 Å². The number of nitrogens with zero attached hydrogens (tertiary/aromatic N) is 1. The number of amides is 2. The highest BCUT2D eigenvalue weighted by atomic mass is 79.9. The van der Waals surface area contributed by atoms with Crippen LogP contribution in [-0.2, 0) is 4.79 Å². The molecule has 0 radical (unpaired) electrons. The third-order valence-corrected chi connectivity index (χ3v) is 7.14. The molecule has 0 atom stereocenters. The summed E-state index contributed by atoms with van der Waals surface area (Å²) in [6, 6.07) is 15.8. The first kappa shape index (κ1) is 27.8. The van der Waals surface area contributed by atoms with E-state index in [4.69, 9.17) is 21.7 Å². The van der Waals surface area contributed by atoms with E-state index in [1.807, 2.05) is 32.9 Å². The van der Waals surface area contributed by atoms with Crippen LogP contribution in [-0.4, -0.2) is 28.8 Å². The molecule has 1 N–H and O–H groups in total. The predicted molar refractivity (Wildman–Crippen MR) is 158 cm³/mol. The fraction of sp³-hybridized carbons (Fsp3) is 0.179. The molecule has 3 aromatic carbocycles. The van der Waals surface area contributed by atoms with Gasteiger partial charge in [-0.1, -0.05) is 30.0 Å². The molecule has 1 fully saturated rings. The lowest BCUT2D eigenvalue weighted by Gasteiger charge is -2.17. The molecule has 0 saturated carbocycles. The minimum atomic E-state index is -0.395. The van der Waals surface area contributed by atoms with Crippen molar-refractivity contribution in [2.24, 2.45) is 0 Å². The van der Waals surface area contributed by atoms with Crippen molar-refractivity contribution in [1.82, 2.24) is 0 Å². The standard InChI is InChI=1S/C28H24BrFN2O4S2/c1-4-35-23-13-17(12-22(29)25(23)36-16(2)3)14-24-27(34)32(28(37)38-24)21-7-5-6-18(15-21)26(33)31-20-10-8-19(30)9-11-20/h5-16H,4H2,1-3H3,(H,31,33)/b24-14+. The largest absolute Gasteiger partial charge is 0.490 e. The number of carbonyl (C=O) groups is 2. The first-order valence-electron chi connectivity index (χ1n) is 11.7. The van der Waals surface area contributed by atoms with Gasteiger partial charge in [0.2, 0.25) is 0 Å². The van der Waals surface area contributed by atoms with Gasteiger partial charge in [-0.2, -0.15) is 0 Å². The molecular formula is C28H24BrFN2O4S2. The Labute approximate surface area is 238 Å². The maximum atomic E-state index is 13.4. The van der Waals surface area contributed by atoms with Crippen LogP contribution in [0, 0.1) is 5.82 Å². The van der Waals surface area contributed by atoms with Crippen LogP contribution in [0.2, 0.25) is 0 Å². The van der Waals surface area contributed by atoms with E-state index in [1.54, 1.807) is 30.3 Å². The molecule has 10 heteroatoms. The van der Waals surface area contributed by atoms with Crippen molar-refractivity contribution in [3.05, 3.63) is 87.0 Å². The minimum absolute atomic E-state index is 0.0406. The van der Waals surface area contributed by atoms with Crippen molar-refractivity contribution in [2.75, 3.05) is 16.8 Å². The van der Waals surface area contributed by atoms with Crippen molar-refractivity contribution in [3.63, 3.8) is 0 Å². The first-order chi connectivity index (χ1) is 18.2. The molecule has 0 bridgehead atoms. The molecule has 1 aliphatic heterocycles. The van der Waals surface area contributed by atoms with Gasteiger partial charge in [0.15, 0.2) is 15.8 Å². The van der Waals surface area contributed by atoms with E-state index in [9.17, 15) is 14.0 Å². The van der Waals surface area contributed by atoms with Crippen molar-refractivity contribution in [1.29, 1.82) is 0 Å². The van der Waals surface area contributed by atoms with Gasteiger partial charge in [0.1, 0.15) is 5.82 Å². The van der Waals surface area contributed by atoms with Crippen molar-refractivity contribution in [3.8, 4) is 11.5 Å². The fourth-order valence-corrected chi connectivity index (χ4v) is 5.50. The van der Waals surface area contributed by atoms with Gasteiger partial charge in [0.25, 0.3) is 11.8 Å². The quantitative estimate of drug-likeness (QED) is 0.210. The highest BCUT2D eigenvalue weighted by Crippen LogP contribution is 2.40. The average Bonchev–Trinajstić information content (AvgIpc) is 3.15. The SMILES string of the molecule is CCOc1cc(/C=C2/SC(=S)N(c3cccc(C(=O)Nc4ccc(F)cc4)c3)C2=O)cc(Br)c1OC(C)C. The molecule has 0 aliphatic carbocycles. The van der Waals surface area contributed by atoms with Crippen LogP contribution in [0.3, 0.4) is 0 Å². The van der Waals surface area contributed by atoms with Gasteiger partial charge in [-0.3, -0.25) is 14.5 Å². The molecule has 0 spiro atoms. The van der Waals surface area contributed by atoms with Crippen molar-refractivity contribution >= 4 is 73.5 Å². The van der Waals surface area contributed by atoms with Crippen LogP contribution in [0.4, 0.5) is 15.8 Å². The van der Waals surface area contributed by atoms with Crippen LogP contribution < -0.4 is 19.7 Å². The molecule has 38 heavy (non-hydrogen) atoms. The monoisotopic (exact) mass is 614 g/mol. The van der Waals surface area contributed by atoms with Crippen LogP contribution in [0.1, 0.15) is 36.7 Å². The number of nitrogens with one attached hydrogen (secondary N) is 1. The van der Waals surface area contributed by atoms with E-state index in [-0.39, 0.29) is 12.0 Å². The van der Waals surface area contributed by atoms with Gasteiger partial charge < -0.3 is 14.8 Å². The van der Waals surface area contributed by atoms with Gasteiger partial charge in [0, 0.05) is 11.3 Å². The average molecular weight is 616 g/mol. The molecule has 4 rings (SSSR count). The van der Waals surface area contributed by atoms with Crippen LogP contribution >= 0.6 is 39.9 Å². The summed E-state index contributed by atoms with van der Waals surface area (Å²) in [6.07, 6.45) is 1.71. The zero-order valence-electron chi connectivity index (χ0n) is 20.8. The Morgan fingerprint density at radius 2 is 1.92 bits per heavy atom. The molecular weight excluding hydrogens is 591 g/mol. The van der Waals surface area contributed by atoms with Gasteiger partial charge in [-0.05, 0) is 103 Å². The number of thiocarbonyl (C=S) groups is 1. The summed E-state index contributed by atoms with van der Waals surface area (Å²) in [4.78, 5) is 28.0. The van der Waals surface area contributed by atoms with E-state index in [2.05, 4.69) is 21.2 Å². The van der Waals surface area contributed by atoms with Crippen LogP contribution in [0.25, 0.3) is 6.08 Å². The number of anilines is 2. The molecule has 1 aliphatic rings. The van der Waals surface area contributed by atoms with E-state index in [0.717, 1.165) is 5.56 Å². The smallest absolute Gasteiger partial charge is 0.270 e. The highest BCUT2D eigenvalue weighted by Gasteiger charge is 2.33. The number of thioether (sulfide) groups is 1. The Bertz CT molecular complexity index is 1430. The summed E-state index contributed by atoms with van der Waals surface area (Å²) in [5.74, 6) is 0.0808. The van der Waals surface area contributed by atoms with E-state index in [0.29, 0.717) is 48.7 Å². The Hall–Kier alpha value is -3.21. The van der Waals surface area contributed by atoms with E-state index >= 15 is 0 Å². The zero-order chi connectivity index (χ0) is 27.4. The third kappa shape index (κ3) is 6.43. The summed E-state index contributed by atoms with van der Waals surface area (Å²) >= 11 is 10.2. The van der Waals surface area contributed by atoms with E-state index < -0.39 is 11.7 Å². The molecule has 0 unspecified atom stereocenters. The van der Waals surface area contributed by atoms with Gasteiger partial charge in [0.05, 0.1) is 27.8 Å². The minimum Gasteiger partial charge on any atom is -0.490 e. The number of halogens is 2. The summed E-state index contributed by atoms with van der Waals surface area (Å²) in [7, 11) is 0. The van der Waals surface area contributed by atoms with E-state index in [1.165, 1.54) is 40.9 Å². The second kappa shape index (κ2) is 12.1. The van der Waals surface area contributed by atoms with Gasteiger partial charge in [-0.25, -0.2) is 4.39 Å². The summed E-state index contributed by atoms with van der Waals surface area (Å²) in [5.41, 5.74) is 2.00. The molecule has 6 nitrogen and oxygen atoms in total. The number of ether oxygens (including phenoxy) is 2. The maximum absolute atomic E-state index is 13.4. The molecule has 3 aromatic rings. The lowest BCUT2D eigenvalue weighted by molar-refractivity contribution is -0.113.